The van der Waals surface area contributed by atoms with Gasteiger partial charge in [-0.3, -0.25) is 9.69 Å². The SMILES string of the molecule is COc1ccc(CN2C[C@@H]3CC2(C(=O)O)CN3)cc1. The van der Waals surface area contributed by atoms with E-state index in [1.54, 1.807) is 7.11 Å². The molecule has 1 aromatic carbocycles. The van der Waals surface area contributed by atoms with Gasteiger partial charge in [0.2, 0.25) is 0 Å². The van der Waals surface area contributed by atoms with E-state index in [9.17, 15) is 9.90 Å². The van der Waals surface area contributed by atoms with Gasteiger partial charge in [0.15, 0.2) is 0 Å². The Balaban J connectivity index is 1.77. The Morgan fingerprint density at radius 2 is 2.26 bits per heavy atom. The van der Waals surface area contributed by atoms with Crippen molar-refractivity contribution in [2.24, 2.45) is 0 Å². The number of carboxylic acids is 1. The lowest BCUT2D eigenvalue weighted by atomic mass is 9.98. The van der Waals surface area contributed by atoms with E-state index in [1.165, 1.54) is 0 Å². The number of ether oxygens (including phenoxy) is 1. The van der Waals surface area contributed by atoms with Crippen molar-refractivity contribution in [1.29, 1.82) is 0 Å². The molecule has 2 atom stereocenters. The first-order chi connectivity index (χ1) is 9.14. The number of fused-ring (bicyclic) bond motifs is 2. The zero-order valence-corrected chi connectivity index (χ0v) is 10.9. The summed E-state index contributed by atoms with van der Waals surface area (Å²) in [5, 5.41) is 12.8. The molecule has 0 aromatic heterocycles. The van der Waals surface area contributed by atoms with Crippen molar-refractivity contribution in [3.8, 4) is 5.75 Å². The second-order valence-corrected chi connectivity index (χ2v) is 5.35. The van der Waals surface area contributed by atoms with E-state index in [0.717, 1.165) is 17.9 Å². The average molecular weight is 262 g/mol. The maximum Gasteiger partial charge on any atom is 0.325 e. The largest absolute Gasteiger partial charge is 0.497 e. The van der Waals surface area contributed by atoms with E-state index < -0.39 is 11.5 Å². The lowest BCUT2D eigenvalue weighted by molar-refractivity contribution is -0.149. The van der Waals surface area contributed by atoms with Gasteiger partial charge in [0, 0.05) is 25.7 Å². The maximum atomic E-state index is 11.6. The van der Waals surface area contributed by atoms with Gasteiger partial charge in [-0.05, 0) is 24.1 Å². The normalized spacial score (nSPS) is 29.6. The molecule has 0 spiro atoms. The summed E-state index contributed by atoms with van der Waals surface area (Å²) in [5.41, 5.74) is 0.402. The molecule has 102 valence electrons. The monoisotopic (exact) mass is 262 g/mol. The summed E-state index contributed by atoms with van der Waals surface area (Å²) in [6.07, 6.45) is 0.707. The molecule has 5 heteroatoms. The predicted octanol–water partition coefficient (Wildman–Crippen LogP) is 0.696. The summed E-state index contributed by atoms with van der Waals surface area (Å²) < 4.78 is 5.13. The summed E-state index contributed by atoms with van der Waals surface area (Å²) in [7, 11) is 1.64. The van der Waals surface area contributed by atoms with Crippen LogP contribution in [0.2, 0.25) is 0 Å². The van der Waals surface area contributed by atoms with Crippen molar-refractivity contribution in [3.63, 3.8) is 0 Å². The number of nitrogens with zero attached hydrogens (tertiary/aromatic N) is 1. The molecule has 0 saturated carbocycles. The number of carbonyl (C=O) groups is 1. The van der Waals surface area contributed by atoms with Gasteiger partial charge in [-0.1, -0.05) is 12.1 Å². The Morgan fingerprint density at radius 1 is 1.53 bits per heavy atom. The van der Waals surface area contributed by atoms with E-state index in [1.807, 2.05) is 24.3 Å². The smallest absolute Gasteiger partial charge is 0.325 e. The second kappa shape index (κ2) is 4.51. The molecule has 2 fully saturated rings. The molecule has 2 bridgehead atoms. The van der Waals surface area contributed by atoms with E-state index in [2.05, 4.69) is 10.2 Å². The van der Waals surface area contributed by atoms with Crippen LogP contribution in [-0.2, 0) is 11.3 Å². The zero-order valence-electron chi connectivity index (χ0n) is 10.9. The summed E-state index contributed by atoms with van der Waals surface area (Å²) in [4.78, 5) is 13.7. The highest BCUT2D eigenvalue weighted by Crippen LogP contribution is 2.36. The number of hydrogen-bond donors (Lipinski definition) is 2. The molecule has 2 saturated heterocycles. The Labute approximate surface area is 112 Å². The molecular formula is C14H18N2O3. The summed E-state index contributed by atoms with van der Waals surface area (Å²) >= 11 is 0. The molecule has 0 amide bonds. The van der Waals surface area contributed by atoms with Crippen LogP contribution in [0.15, 0.2) is 24.3 Å². The molecule has 2 N–H and O–H groups in total. The summed E-state index contributed by atoms with van der Waals surface area (Å²) in [6.45, 7) is 2.02. The minimum atomic E-state index is -0.718. The maximum absolute atomic E-state index is 11.6. The van der Waals surface area contributed by atoms with Gasteiger partial charge in [0.25, 0.3) is 0 Å². The fraction of sp³-hybridized carbons (Fsp3) is 0.500. The van der Waals surface area contributed by atoms with Crippen LogP contribution in [-0.4, -0.2) is 47.8 Å². The number of hydrogen-bond acceptors (Lipinski definition) is 4. The molecular weight excluding hydrogens is 244 g/mol. The van der Waals surface area contributed by atoms with Crippen molar-refractivity contribution in [3.05, 3.63) is 29.8 Å². The quantitative estimate of drug-likeness (QED) is 0.836. The van der Waals surface area contributed by atoms with Gasteiger partial charge in [0.05, 0.1) is 7.11 Å². The van der Waals surface area contributed by atoms with E-state index in [-0.39, 0.29) is 0 Å². The third-order valence-corrected chi connectivity index (χ3v) is 4.24. The van der Waals surface area contributed by atoms with Gasteiger partial charge in [-0.15, -0.1) is 0 Å². The van der Waals surface area contributed by atoms with Crippen LogP contribution in [0.5, 0.6) is 5.75 Å². The van der Waals surface area contributed by atoms with E-state index in [0.29, 0.717) is 25.6 Å². The lowest BCUT2D eigenvalue weighted by Crippen LogP contribution is -2.56. The second-order valence-electron chi connectivity index (χ2n) is 5.35. The molecule has 0 radical (unpaired) electrons. The Morgan fingerprint density at radius 3 is 2.84 bits per heavy atom. The fourth-order valence-corrected chi connectivity index (χ4v) is 3.14. The van der Waals surface area contributed by atoms with Crippen LogP contribution in [0.1, 0.15) is 12.0 Å². The van der Waals surface area contributed by atoms with Crippen LogP contribution >= 0.6 is 0 Å². The van der Waals surface area contributed by atoms with Crippen molar-refractivity contribution >= 4 is 5.97 Å². The average Bonchev–Trinajstić information content (AvgIpc) is 2.99. The highest BCUT2D eigenvalue weighted by Gasteiger charge is 2.55. The van der Waals surface area contributed by atoms with Crippen LogP contribution in [0, 0.1) is 0 Å². The van der Waals surface area contributed by atoms with Crippen LogP contribution in [0.4, 0.5) is 0 Å². The van der Waals surface area contributed by atoms with Gasteiger partial charge in [-0.2, -0.15) is 0 Å². The van der Waals surface area contributed by atoms with Crippen LogP contribution < -0.4 is 10.1 Å². The number of methoxy groups -OCH3 is 1. The molecule has 3 rings (SSSR count). The molecule has 1 aromatic rings. The van der Waals surface area contributed by atoms with Crippen molar-refractivity contribution in [2.45, 2.75) is 24.5 Å². The number of rotatable bonds is 4. The molecule has 2 heterocycles. The minimum absolute atomic E-state index is 0.314. The first-order valence-corrected chi connectivity index (χ1v) is 6.49. The molecule has 1 unspecified atom stereocenters. The number of likely N-dealkylation sites (tertiary alicyclic amines) is 1. The van der Waals surface area contributed by atoms with Crippen molar-refractivity contribution < 1.29 is 14.6 Å². The van der Waals surface area contributed by atoms with E-state index in [4.69, 9.17) is 4.74 Å². The third-order valence-electron chi connectivity index (χ3n) is 4.24. The van der Waals surface area contributed by atoms with Gasteiger partial charge in [0.1, 0.15) is 11.3 Å². The van der Waals surface area contributed by atoms with Gasteiger partial charge in [-0.25, -0.2) is 0 Å². The molecule has 0 aliphatic carbocycles. The summed E-state index contributed by atoms with van der Waals surface area (Å²) in [6, 6.07) is 8.13. The van der Waals surface area contributed by atoms with Gasteiger partial charge < -0.3 is 15.2 Å². The number of piperazine rings is 1. The topological polar surface area (TPSA) is 61.8 Å². The number of nitrogens with one attached hydrogen (secondary N) is 1. The molecule has 2 aliphatic rings. The number of benzene rings is 1. The number of aliphatic carboxylic acids is 1. The Bertz CT molecular complexity index is 488. The fourth-order valence-electron chi connectivity index (χ4n) is 3.14. The lowest BCUT2D eigenvalue weighted by Gasteiger charge is -2.35. The Hall–Kier alpha value is -1.59. The van der Waals surface area contributed by atoms with Crippen LogP contribution in [0.25, 0.3) is 0 Å². The first kappa shape index (κ1) is 12.4. The van der Waals surface area contributed by atoms with Gasteiger partial charge >= 0.3 is 5.97 Å². The number of carboxylic acid groups (broad SMARTS) is 1. The zero-order chi connectivity index (χ0) is 13.5. The Kier molecular flexibility index (Phi) is 2.95. The molecule has 2 aliphatic heterocycles. The van der Waals surface area contributed by atoms with Crippen molar-refractivity contribution in [1.82, 2.24) is 10.2 Å². The van der Waals surface area contributed by atoms with Crippen molar-refractivity contribution in [2.75, 3.05) is 20.2 Å². The third kappa shape index (κ3) is 1.99. The first-order valence-electron chi connectivity index (χ1n) is 6.49. The van der Waals surface area contributed by atoms with E-state index >= 15 is 0 Å². The highest BCUT2D eigenvalue weighted by atomic mass is 16.5. The standard InChI is InChI=1S/C14H18N2O3/c1-19-12-4-2-10(3-5-12)7-16-8-11-6-14(16,9-15-11)13(17)18/h2-5,11,15H,6-9H2,1H3,(H,17,18)/t11-,14?/m0/s1. The minimum Gasteiger partial charge on any atom is -0.497 e. The van der Waals surface area contributed by atoms with Crippen LogP contribution in [0.3, 0.4) is 0 Å². The predicted molar refractivity (Wildman–Crippen MR) is 70.2 cm³/mol. The molecule has 19 heavy (non-hydrogen) atoms. The molecule has 5 nitrogen and oxygen atoms in total. The summed E-state index contributed by atoms with van der Waals surface area (Å²) in [5.74, 6) is 0.106. The highest BCUT2D eigenvalue weighted by molar-refractivity contribution is 5.80.